The Morgan fingerprint density at radius 2 is 2.00 bits per heavy atom. The SMILES string of the molecule is Clc1ncnc(N2CCCC2)c1Br. The molecule has 0 saturated carbocycles. The lowest BCUT2D eigenvalue weighted by molar-refractivity contribution is 0.921. The minimum Gasteiger partial charge on any atom is -0.356 e. The highest BCUT2D eigenvalue weighted by Gasteiger charge is 2.17. The first kappa shape index (κ1) is 9.21. The second-order valence-corrected chi connectivity index (χ2v) is 4.15. The third kappa shape index (κ3) is 1.79. The highest BCUT2D eigenvalue weighted by molar-refractivity contribution is 9.10. The van der Waals surface area contributed by atoms with Crippen molar-refractivity contribution in [2.75, 3.05) is 18.0 Å². The van der Waals surface area contributed by atoms with E-state index in [9.17, 15) is 0 Å². The summed E-state index contributed by atoms with van der Waals surface area (Å²) in [6, 6.07) is 0. The molecule has 0 atom stereocenters. The van der Waals surface area contributed by atoms with Gasteiger partial charge in [0.2, 0.25) is 0 Å². The molecule has 0 bridgehead atoms. The van der Waals surface area contributed by atoms with Crippen LogP contribution < -0.4 is 4.90 Å². The van der Waals surface area contributed by atoms with Gasteiger partial charge in [-0.05, 0) is 28.8 Å². The first-order chi connectivity index (χ1) is 6.29. The van der Waals surface area contributed by atoms with Crippen LogP contribution in [0.15, 0.2) is 10.8 Å². The highest BCUT2D eigenvalue weighted by Crippen LogP contribution is 2.30. The van der Waals surface area contributed by atoms with E-state index in [0.29, 0.717) is 5.15 Å². The van der Waals surface area contributed by atoms with Crippen LogP contribution in [0.5, 0.6) is 0 Å². The van der Waals surface area contributed by atoms with Gasteiger partial charge in [0.05, 0.1) is 4.47 Å². The molecular formula is C8H9BrClN3. The van der Waals surface area contributed by atoms with Crippen molar-refractivity contribution >= 4 is 33.3 Å². The van der Waals surface area contributed by atoms with Crippen molar-refractivity contribution < 1.29 is 0 Å². The van der Waals surface area contributed by atoms with E-state index < -0.39 is 0 Å². The van der Waals surface area contributed by atoms with Crippen LogP contribution in [0.3, 0.4) is 0 Å². The van der Waals surface area contributed by atoms with E-state index in [4.69, 9.17) is 11.6 Å². The van der Waals surface area contributed by atoms with E-state index in [1.54, 1.807) is 0 Å². The van der Waals surface area contributed by atoms with Crippen molar-refractivity contribution in [3.05, 3.63) is 16.0 Å². The van der Waals surface area contributed by atoms with Crippen LogP contribution in [-0.4, -0.2) is 23.1 Å². The molecule has 1 aromatic heterocycles. The number of hydrogen-bond acceptors (Lipinski definition) is 3. The Morgan fingerprint density at radius 1 is 1.31 bits per heavy atom. The molecule has 1 fully saturated rings. The second-order valence-electron chi connectivity index (χ2n) is 3.00. The molecule has 70 valence electrons. The average Bonchev–Trinajstić information content (AvgIpc) is 2.62. The van der Waals surface area contributed by atoms with E-state index >= 15 is 0 Å². The molecule has 1 aliphatic rings. The summed E-state index contributed by atoms with van der Waals surface area (Å²) in [6.07, 6.45) is 3.96. The summed E-state index contributed by atoms with van der Waals surface area (Å²) >= 11 is 9.26. The lowest BCUT2D eigenvalue weighted by Crippen LogP contribution is -2.19. The predicted octanol–water partition coefficient (Wildman–Crippen LogP) is 2.49. The first-order valence-electron chi connectivity index (χ1n) is 4.20. The van der Waals surface area contributed by atoms with Crippen molar-refractivity contribution in [2.45, 2.75) is 12.8 Å². The molecule has 1 saturated heterocycles. The maximum Gasteiger partial charge on any atom is 0.148 e. The number of hydrogen-bond donors (Lipinski definition) is 0. The molecule has 1 aliphatic heterocycles. The maximum atomic E-state index is 5.87. The van der Waals surface area contributed by atoms with Gasteiger partial charge >= 0.3 is 0 Å². The number of anilines is 1. The molecule has 0 spiro atoms. The summed E-state index contributed by atoms with van der Waals surface area (Å²) in [4.78, 5) is 10.3. The molecule has 1 aromatic rings. The molecule has 0 aromatic carbocycles. The molecule has 0 unspecified atom stereocenters. The summed E-state index contributed by atoms with van der Waals surface area (Å²) in [5, 5.41) is 0.483. The van der Waals surface area contributed by atoms with E-state index in [-0.39, 0.29) is 0 Å². The number of halogens is 2. The third-order valence-electron chi connectivity index (χ3n) is 2.13. The number of nitrogens with zero attached hydrogens (tertiary/aromatic N) is 3. The monoisotopic (exact) mass is 261 g/mol. The Bertz CT molecular complexity index is 312. The Morgan fingerprint density at radius 3 is 2.69 bits per heavy atom. The molecule has 0 amide bonds. The standard InChI is InChI=1S/C8H9BrClN3/c9-6-7(10)11-5-12-8(6)13-3-1-2-4-13/h5H,1-4H2. The fourth-order valence-corrected chi connectivity index (χ4v) is 2.07. The van der Waals surface area contributed by atoms with Crippen LogP contribution in [0.25, 0.3) is 0 Å². The molecule has 3 nitrogen and oxygen atoms in total. The zero-order valence-corrected chi connectivity index (χ0v) is 9.35. The molecule has 2 heterocycles. The summed E-state index contributed by atoms with van der Waals surface area (Å²) in [5.41, 5.74) is 0. The molecule has 5 heteroatoms. The average molecular weight is 263 g/mol. The Kier molecular flexibility index (Phi) is 2.69. The fraction of sp³-hybridized carbons (Fsp3) is 0.500. The van der Waals surface area contributed by atoms with Gasteiger partial charge in [0.25, 0.3) is 0 Å². The normalized spacial score (nSPS) is 16.6. The molecule has 0 N–H and O–H groups in total. The van der Waals surface area contributed by atoms with Crippen molar-refractivity contribution in [3.63, 3.8) is 0 Å². The molecule has 2 rings (SSSR count). The van der Waals surface area contributed by atoms with Gasteiger partial charge in [0.15, 0.2) is 0 Å². The molecular weight excluding hydrogens is 253 g/mol. The Balaban J connectivity index is 2.33. The van der Waals surface area contributed by atoms with Crippen molar-refractivity contribution in [3.8, 4) is 0 Å². The number of aromatic nitrogens is 2. The van der Waals surface area contributed by atoms with Crippen molar-refractivity contribution in [1.29, 1.82) is 0 Å². The predicted molar refractivity (Wildman–Crippen MR) is 56.2 cm³/mol. The third-order valence-corrected chi connectivity index (χ3v) is 3.38. The fourth-order valence-electron chi connectivity index (χ4n) is 1.49. The first-order valence-corrected chi connectivity index (χ1v) is 5.37. The smallest absolute Gasteiger partial charge is 0.148 e. The van der Waals surface area contributed by atoms with Gasteiger partial charge in [0, 0.05) is 13.1 Å². The van der Waals surface area contributed by atoms with Crippen molar-refractivity contribution in [1.82, 2.24) is 9.97 Å². The van der Waals surface area contributed by atoms with Gasteiger partial charge in [-0.25, -0.2) is 9.97 Å². The molecule has 0 radical (unpaired) electrons. The Labute approximate surface area is 90.3 Å². The van der Waals surface area contributed by atoms with Gasteiger partial charge in [-0.15, -0.1) is 0 Å². The lowest BCUT2D eigenvalue weighted by Gasteiger charge is -2.17. The molecule has 0 aliphatic carbocycles. The van der Waals surface area contributed by atoms with E-state index in [2.05, 4.69) is 30.8 Å². The largest absolute Gasteiger partial charge is 0.356 e. The van der Waals surface area contributed by atoms with Crippen molar-refractivity contribution in [2.24, 2.45) is 0 Å². The van der Waals surface area contributed by atoms with Gasteiger partial charge in [-0.2, -0.15) is 0 Å². The lowest BCUT2D eigenvalue weighted by atomic mass is 10.4. The van der Waals surface area contributed by atoms with E-state index in [1.807, 2.05) is 0 Å². The number of rotatable bonds is 1. The minimum absolute atomic E-state index is 0.483. The second kappa shape index (κ2) is 3.80. The zero-order chi connectivity index (χ0) is 9.26. The quantitative estimate of drug-likeness (QED) is 0.728. The summed E-state index contributed by atoms with van der Waals surface area (Å²) in [5.74, 6) is 0.914. The molecule has 13 heavy (non-hydrogen) atoms. The van der Waals surface area contributed by atoms with Gasteiger partial charge < -0.3 is 4.90 Å². The summed E-state index contributed by atoms with van der Waals surface area (Å²) in [6.45, 7) is 2.12. The van der Waals surface area contributed by atoms with E-state index in [0.717, 1.165) is 23.4 Å². The Hall–Kier alpha value is -0.350. The summed E-state index contributed by atoms with van der Waals surface area (Å²) in [7, 11) is 0. The van der Waals surface area contributed by atoms with Crippen LogP contribution in [0.2, 0.25) is 5.15 Å². The topological polar surface area (TPSA) is 29.0 Å². The minimum atomic E-state index is 0.483. The van der Waals surface area contributed by atoms with Crippen LogP contribution in [0.1, 0.15) is 12.8 Å². The van der Waals surface area contributed by atoms with Crippen LogP contribution >= 0.6 is 27.5 Å². The maximum absolute atomic E-state index is 5.87. The zero-order valence-electron chi connectivity index (χ0n) is 7.00. The highest BCUT2D eigenvalue weighted by atomic mass is 79.9. The van der Waals surface area contributed by atoms with E-state index in [1.165, 1.54) is 19.2 Å². The summed E-state index contributed by atoms with van der Waals surface area (Å²) < 4.78 is 0.804. The van der Waals surface area contributed by atoms with Gasteiger partial charge in [-0.1, -0.05) is 11.6 Å². The van der Waals surface area contributed by atoms with Gasteiger partial charge in [-0.3, -0.25) is 0 Å². The van der Waals surface area contributed by atoms with Crippen LogP contribution in [0, 0.1) is 0 Å². The van der Waals surface area contributed by atoms with Crippen LogP contribution in [0.4, 0.5) is 5.82 Å². The van der Waals surface area contributed by atoms with Crippen LogP contribution in [-0.2, 0) is 0 Å². The van der Waals surface area contributed by atoms with Gasteiger partial charge in [0.1, 0.15) is 17.3 Å².